The molecule has 0 bridgehead atoms. The van der Waals surface area contributed by atoms with E-state index in [0.717, 1.165) is 16.5 Å². The van der Waals surface area contributed by atoms with Gasteiger partial charge in [0.2, 0.25) is 17.7 Å². The second-order valence-electron chi connectivity index (χ2n) is 9.35. The van der Waals surface area contributed by atoms with Crippen molar-refractivity contribution in [3.05, 3.63) is 36.0 Å². The van der Waals surface area contributed by atoms with Crippen LogP contribution in [0.15, 0.2) is 30.5 Å². The molecule has 1 aromatic carbocycles. The maximum absolute atomic E-state index is 13.1. The molecule has 2 aromatic rings. The molecule has 7 N–H and O–H groups in total. The Bertz CT molecular complexity index is 1050. The van der Waals surface area contributed by atoms with Crippen LogP contribution < -0.4 is 21.7 Å². The van der Waals surface area contributed by atoms with Gasteiger partial charge in [-0.25, -0.2) is 4.79 Å². The van der Waals surface area contributed by atoms with Gasteiger partial charge in [0, 0.05) is 23.5 Å². The molecule has 192 valence electrons. The highest BCUT2D eigenvalue weighted by Crippen LogP contribution is 2.19. The third-order valence-electron chi connectivity index (χ3n) is 6.17. The monoisotopic (exact) mass is 487 g/mol. The molecule has 5 unspecified atom stereocenters. The third kappa shape index (κ3) is 7.29. The zero-order chi connectivity index (χ0) is 26.3. The summed E-state index contributed by atoms with van der Waals surface area (Å²) in [7, 11) is 0. The highest BCUT2D eigenvalue weighted by atomic mass is 16.4. The predicted octanol–water partition coefficient (Wildman–Crippen LogP) is 1.30. The molecule has 2 rings (SSSR count). The summed E-state index contributed by atoms with van der Waals surface area (Å²) in [5.74, 6) is -3.32. The molecule has 35 heavy (non-hydrogen) atoms. The fraction of sp³-hybridized carbons (Fsp3) is 0.520. The van der Waals surface area contributed by atoms with Crippen LogP contribution in [0.5, 0.6) is 0 Å². The number of carbonyl (C=O) groups is 4. The molecule has 0 aliphatic carbocycles. The standard InChI is InChI=1S/C25H37N5O5/c1-6-14(4)21(30-22(31)15(5)26)24(33)29-20(13(2)3)23(32)28-19(25(34)35)11-16-12-27-18-10-8-7-9-17(16)18/h7-10,12-15,19-21,27H,6,11,26H2,1-5H3,(H,28,32)(H,29,33)(H,30,31)(H,34,35). The summed E-state index contributed by atoms with van der Waals surface area (Å²) >= 11 is 0. The van der Waals surface area contributed by atoms with Crippen LogP contribution in [0.3, 0.4) is 0 Å². The van der Waals surface area contributed by atoms with Gasteiger partial charge in [0.15, 0.2) is 0 Å². The van der Waals surface area contributed by atoms with Crippen molar-refractivity contribution in [3.8, 4) is 0 Å². The van der Waals surface area contributed by atoms with E-state index in [4.69, 9.17) is 5.73 Å². The van der Waals surface area contributed by atoms with Crippen LogP contribution >= 0.6 is 0 Å². The zero-order valence-electron chi connectivity index (χ0n) is 20.9. The summed E-state index contributed by atoms with van der Waals surface area (Å²) in [6, 6.07) is 3.64. The molecule has 0 radical (unpaired) electrons. The lowest BCUT2D eigenvalue weighted by Gasteiger charge is -2.29. The first-order valence-electron chi connectivity index (χ1n) is 11.9. The number of carbonyl (C=O) groups excluding carboxylic acids is 3. The molecule has 3 amide bonds. The van der Waals surface area contributed by atoms with Gasteiger partial charge >= 0.3 is 5.97 Å². The minimum absolute atomic E-state index is 0.0732. The van der Waals surface area contributed by atoms with Gasteiger partial charge < -0.3 is 31.8 Å². The van der Waals surface area contributed by atoms with E-state index in [2.05, 4.69) is 20.9 Å². The summed E-state index contributed by atoms with van der Waals surface area (Å²) in [6.45, 7) is 8.72. The molecule has 0 fully saturated rings. The highest BCUT2D eigenvalue weighted by molar-refractivity contribution is 5.94. The number of hydrogen-bond acceptors (Lipinski definition) is 5. The number of nitrogens with one attached hydrogen (secondary N) is 4. The van der Waals surface area contributed by atoms with E-state index in [0.29, 0.717) is 6.42 Å². The summed E-state index contributed by atoms with van der Waals surface area (Å²) in [4.78, 5) is 53.4. The van der Waals surface area contributed by atoms with Crippen LogP contribution in [-0.4, -0.2) is 57.9 Å². The highest BCUT2D eigenvalue weighted by Gasteiger charge is 2.33. The number of amides is 3. The minimum atomic E-state index is -1.19. The molecule has 1 aromatic heterocycles. The van der Waals surface area contributed by atoms with Gasteiger partial charge in [0.05, 0.1) is 6.04 Å². The van der Waals surface area contributed by atoms with E-state index in [-0.39, 0.29) is 18.3 Å². The Morgan fingerprint density at radius 3 is 2.11 bits per heavy atom. The molecule has 0 spiro atoms. The predicted molar refractivity (Wildman–Crippen MR) is 133 cm³/mol. The largest absolute Gasteiger partial charge is 0.480 e. The first kappa shape index (κ1) is 27.8. The van der Waals surface area contributed by atoms with Crippen molar-refractivity contribution in [3.63, 3.8) is 0 Å². The van der Waals surface area contributed by atoms with Crippen LogP contribution in [0.2, 0.25) is 0 Å². The lowest BCUT2D eigenvalue weighted by Crippen LogP contribution is -2.59. The van der Waals surface area contributed by atoms with Gasteiger partial charge in [0.1, 0.15) is 18.1 Å². The first-order chi connectivity index (χ1) is 16.5. The van der Waals surface area contributed by atoms with E-state index < -0.39 is 47.9 Å². The van der Waals surface area contributed by atoms with Crippen molar-refractivity contribution in [1.82, 2.24) is 20.9 Å². The third-order valence-corrected chi connectivity index (χ3v) is 6.17. The number of aromatic nitrogens is 1. The van der Waals surface area contributed by atoms with Crippen molar-refractivity contribution >= 4 is 34.6 Å². The van der Waals surface area contributed by atoms with Crippen molar-refractivity contribution in [2.75, 3.05) is 0 Å². The van der Waals surface area contributed by atoms with E-state index in [1.165, 1.54) is 6.92 Å². The smallest absolute Gasteiger partial charge is 0.326 e. The molecule has 0 saturated carbocycles. The number of nitrogens with two attached hydrogens (primary N) is 1. The molecule has 0 aliphatic heterocycles. The average Bonchev–Trinajstić information content (AvgIpc) is 3.22. The maximum atomic E-state index is 13.1. The van der Waals surface area contributed by atoms with Crippen molar-refractivity contribution in [1.29, 1.82) is 0 Å². The van der Waals surface area contributed by atoms with Gasteiger partial charge in [-0.3, -0.25) is 14.4 Å². The lowest BCUT2D eigenvalue weighted by atomic mass is 9.96. The first-order valence-corrected chi connectivity index (χ1v) is 11.9. The fourth-order valence-corrected chi connectivity index (χ4v) is 3.75. The Morgan fingerprint density at radius 1 is 0.943 bits per heavy atom. The van der Waals surface area contributed by atoms with Gasteiger partial charge in [-0.2, -0.15) is 0 Å². The van der Waals surface area contributed by atoms with Gasteiger partial charge in [-0.1, -0.05) is 52.3 Å². The number of carboxylic acids is 1. The normalized spacial score (nSPS) is 15.6. The molecule has 0 saturated heterocycles. The molecule has 1 heterocycles. The van der Waals surface area contributed by atoms with Crippen LogP contribution in [0.25, 0.3) is 10.9 Å². The number of carboxylic acid groups (broad SMARTS) is 1. The molecular formula is C25H37N5O5. The Balaban J connectivity index is 2.17. The van der Waals surface area contributed by atoms with E-state index in [1.54, 1.807) is 20.0 Å². The molecule has 10 heteroatoms. The Morgan fingerprint density at radius 2 is 1.54 bits per heavy atom. The minimum Gasteiger partial charge on any atom is -0.480 e. The quantitative estimate of drug-likeness (QED) is 0.264. The summed E-state index contributed by atoms with van der Waals surface area (Å²) in [6.07, 6.45) is 2.41. The summed E-state index contributed by atoms with van der Waals surface area (Å²) in [5.41, 5.74) is 7.26. The Hall–Kier alpha value is -3.40. The Kier molecular flexibility index (Phi) is 9.82. The van der Waals surface area contributed by atoms with Crippen LogP contribution in [0.1, 0.15) is 46.6 Å². The topological polar surface area (TPSA) is 166 Å². The second-order valence-corrected chi connectivity index (χ2v) is 9.35. The number of benzene rings is 1. The summed E-state index contributed by atoms with van der Waals surface area (Å²) < 4.78 is 0. The number of para-hydroxylation sites is 1. The number of H-pyrrole nitrogens is 1. The number of fused-ring (bicyclic) bond motifs is 1. The van der Waals surface area contributed by atoms with E-state index >= 15 is 0 Å². The van der Waals surface area contributed by atoms with Crippen LogP contribution in [0, 0.1) is 11.8 Å². The SMILES string of the molecule is CCC(C)C(NC(=O)C(C)N)C(=O)NC(C(=O)NC(Cc1c[nH]c2ccccc12)C(=O)O)C(C)C. The summed E-state index contributed by atoms with van der Waals surface area (Å²) in [5, 5.41) is 18.6. The Labute approximate surface area is 205 Å². The fourth-order valence-electron chi connectivity index (χ4n) is 3.75. The van der Waals surface area contributed by atoms with Gasteiger partial charge in [-0.05, 0) is 30.4 Å². The van der Waals surface area contributed by atoms with E-state index in [9.17, 15) is 24.3 Å². The van der Waals surface area contributed by atoms with Crippen LogP contribution in [0.4, 0.5) is 0 Å². The number of hydrogen-bond donors (Lipinski definition) is 6. The average molecular weight is 488 g/mol. The van der Waals surface area contributed by atoms with E-state index in [1.807, 2.05) is 38.1 Å². The molecular weight excluding hydrogens is 450 g/mol. The molecule has 0 aliphatic rings. The lowest BCUT2D eigenvalue weighted by molar-refractivity contribution is -0.142. The van der Waals surface area contributed by atoms with Crippen molar-refractivity contribution < 1.29 is 24.3 Å². The number of rotatable bonds is 12. The van der Waals surface area contributed by atoms with Crippen molar-refractivity contribution in [2.24, 2.45) is 17.6 Å². The van der Waals surface area contributed by atoms with Crippen LogP contribution in [-0.2, 0) is 25.6 Å². The number of aliphatic carboxylic acids is 1. The van der Waals surface area contributed by atoms with Crippen molar-refractivity contribution in [2.45, 2.75) is 71.6 Å². The zero-order valence-corrected chi connectivity index (χ0v) is 20.9. The maximum Gasteiger partial charge on any atom is 0.326 e. The second kappa shape index (κ2) is 12.3. The van der Waals surface area contributed by atoms with Gasteiger partial charge in [-0.15, -0.1) is 0 Å². The number of aromatic amines is 1. The van der Waals surface area contributed by atoms with Gasteiger partial charge in [0.25, 0.3) is 0 Å². The molecule has 5 atom stereocenters. The molecule has 10 nitrogen and oxygen atoms in total.